The van der Waals surface area contributed by atoms with Crippen LogP contribution in [0.4, 0.5) is 23.1 Å². The zero-order valence-electron chi connectivity index (χ0n) is 12.1. The fourth-order valence-corrected chi connectivity index (χ4v) is 2.45. The number of nitro groups is 1. The van der Waals surface area contributed by atoms with E-state index in [9.17, 15) is 10.1 Å². The van der Waals surface area contributed by atoms with Gasteiger partial charge in [-0.2, -0.15) is 4.98 Å². The Morgan fingerprint density at radius 1 is 1.32 bits per heavy atom. The Morgan fingerprint density at radius 2 is 2.00 bits per heavy atom. The van der Waals surface area contributed by atoms with Crippen LogP contribution in [0.15, 0.2) is 18.2 Å². The lowest BCUT2D eigenvalue weighted by Gasteiger charge is -2.16. The third-order valence-corrected chi connectivity index (χ3v) is 3.52. The second kappa shape index (κ2) is 6.02. The molecule has 4 N–H and O–H groups in total. The first-order valence-electron chi connectivity index (χ1n) is 6.32. The van der Waals surface area contributed by atoms with Crippen molar-refractivity contribution in [2.45, 2.75) is 6.42 Å². The predicted molar refractivity (Wildman–Crippen MR) is 86.1 cm³/mol. The lowest BCUT2D eigenvalue weighted by molar-refractivity contribution is -0.385. The van der Waals surface area contributed by atoms with Gasteiger partial charge in [0.15, 0.2) is 0 Å². The third-order valence-electron chi connectivity index (χ3n) is 3.08. The number of anilines is 3. The molecule has 22 heavy (non-hydrogen) atoms. The largest absolute Gasteiger partial charge is 0.378 e. The number of nitrogens with two attached hydrogens (primary N) is 2. The molecule has 0 bridgehead atoms. The minimum Gasteiger partial charge on any atom is -0.378 e. The molecule has 0 fully saturated rings. The van der Waals surface area contributed by atoms with Crippen LogP contribution in [0, 0.1) is 10.1 Å². The van der Waals surface area contributed by atoms with Gasteiger partial charge in [-0.3, -0.25) is 10.1 Å². The van der Waals surface area contributed by atoms with Gasteiger partial charge in [0.2, 0.25) is 11.8 Å². The number of nitrogen functional groups attached to an aromatic ring is 2. The number of rotatable bonds is 4. The molecule has 0 radical (unpaired) electrons. The highest BCUT2D eigenvalue weighted by atomic mass is 35.5. The van der Waals surface area contributed by atoms with Crippen LogP contribution in [-0.2, 0) is 6.42 Å². The summed E-state index contributed by atoms with van der Waals surface area (Å²) in [5.41, 5.74) is 12.4. The zero-order valence-corrected chi connectivity index (χ0v) is 12.8. The molecule has 2 rings (SSSR count). The van der Waals surface area contributed by atoms with Crippen molar-refractivity contribution in [3.05, 3.63) is 44.6 Å². The number of hydrogen-bond acceptors (Lipinski definition) is 7. The lowest BCUT2D eigenvalue weighted by atomic mass is 10.1. The molecule has 0 aliphatic carbocycles. The summed E-state index contributed by atoms with van der Waals surface area (Å²) in [7, 11) is 3.71. The van der Waals surface area contributed by atoms with Crippen molar-refractivity contribution in [3.8, 4) is 0 Å². The molecule has 1 aromatic heterocycles. The first-order chi connectivity index (χ1) is 10.3. The maximum absolute atomic E-state index is 11.2. The summed E-state index contributed by atoms with van der Waals surface area (Å²) >= 11 is 6.35. The summed E-state index contributed by atoms with van der Waals surface area (Å²) in [6, 6.07) is 5.44. The van der Waals surface area contributed by atoms with E-state index in [-0.39, 0.29) is 29.6 Å². The molecule has 1 heterocycles. The van der Waals surface area contributed by atoms with E-state index in [0.717, 1.165) is 5.69 Å². The SMILES string of the molecule is CN(C)c1cccc(Cc2nc(N)nc(N)c2[N+](=O)[O-])c1Cl. The van der Waals surface area contributed by atoms with Crippen molar-refractivity contribution >= 4 is 34.7 Å². The van der Waals surface area contributed by atoms with Crippen molar-refractivity contribution in [2.24, 2.45) is 0 Å². The van der Waals surface area contributed by atoms with Gasteiger partial charge in [0.1, 0.15) is 5.69 Å². The maximum Gasteiger partial charge on any atom is 0.332 e. The van der Waals surface area contributed by atoms with Gasteiger partial charge in [-0.1, -0.05) is 23.7 Å². The normalized spacial score (nSPS) is 10.5. The Hall–Kier alpha value is -2.61. The zero-order chi connectivity index (χ0) is 16.4. The number of benzene rings is 1. The predicted octanol–water partition coefficient (Wildman–Crippen LogP) is 1.86. The molecule has 0 unspecified atom stereocenters. The van der Waals surface area contributed by atoms with Crippen LogP contribution in [0.5, 0.6) is 0 Å². The van der Waals surface area contributed by atoms with Crippen molar-refractivity contribution < 1.29 is 4.92 Å². The van der Waals surface area contributed by atoms with Crippen molar-refractivity contribution in [1.82, 2.24) is 9.97 Å². The summed E-state index contributed by atoms with van der Waals surface area (Å²) in [4.78, 5) is 20.0. The Bertz CT molecular complexity index is 735. The molecule has 9 heteroatoms. The van der Waals surface area contributed by atoms with Crippen LogP contribution in [0.3, 0.4) is 0 Å². The smallest absolute Gasteiger partial charge is 0.332 e. The molecule has 0 aliphatic rings. The van der Waals surface area contributed by atoms with Gasteiger partial charge < -0.3 is 16.4 Å². The van der Waals surface area contributed by atoms with Gasteiger partial charge in [-0.15, -0.1) is 0 Å². The minimum atomic E-state index is -0.617. The molecule has 0 amide bonds. The number of aromatic nitrogens is 2. The Labute approximate surface area is 131 Å². The van der Waals surface area contributed by atoms with Crippen molar-refractivity contribution in [3.63, 3.8) is 0 Å². The Morgan fingerprint density at radius 3 is 2.59 bits per heavy atom. The number of halogens is 1. The molecular formula is C13H15ClN6O2. The summed E-state index contributed by atoms with van der Waals surface area (Å²) in [5, 5.41) is 11.7. The second-order valence-electron chi connectivity index (χ2n) is 4.84. The van der Waals surface area contributed by atoms with Crippen LogP contribution in [0.25, 0.3) is 0 Å². The molecule has 0 aliphatic heterocycles. The molecule has 0 atom stereocenters. The van der Waals surface area contributed by atoms with E-state index in [2.05, 4.69) is 9.97 Å². The average molecular weight is 323 g/mol. The fourth-order valence-electron chi connectivity index (χ4n) is 2.09. The molecule has 116 valence electrons. The van der Waals surface area contributed by atoms with Crippen molar-refractivity contribution in [2.75, 3.05) is 30.5 Å². The van der Waals surface area contributed by atoms with E-state index in [1.807, 2.05) is 31.1 Å². The van der Waals surface area contributed by atoms with Crippen LogP contribution >= 0.6 is 11.6 Å². The molecular weight excluding hydrogens is 308 g/mol. The van der Waals surface area contributed by atoms with Gasteiger partial charge in [0.05, 0.1) is 15.6 Å². The highest BCUT2D eigenvalue weighted by Gasteiger charge is 2.23. The monoisotopic (exact) mass is 322 g/mol. The van der Waals surface area contributed by atoms with E-state index in [0.29, 0.717) is 10.6 Å². The number of nitrogens with zero attached hydrogens (tertiary/aromatic N) is 4. The molecule has 2 aromatic rings. The highest BCUT2D eigenvalue weighted by Crippen LogP contribution is 2.32. The first kappa shape index (κ1) is 15.8. The van der Waals surface area contributed by atoms with Crippen LogP contribution < -0.4 is 16.4 Å². The quantitative estimate of drug-likeness (QED) is 0.650. The topological polar surface area (TPSA) is 124 Å². The summed E-state index contributed by atoms with van der Waals surface area (Å²) < 4.78 is 0. The van der Waals surface area contributed by atoms with Crippen LogP contribution in [-0.4, -0.2) is 29.0 Å². The van der Waals surface area contributed by atoms with Gasteiger partial charge in [0.25, 0.3) is 0 Å². The first-order valence-corrected chi connectivity index (χ1v) is 6.70. The molecule has 8 nitrogen and oxygen atoms in total. The summed E-state index contributed by atoms with van der Waals surface area (Å²) in [6.45, 7) is 0. The fraction of sp³-hybridized carbons (Fsp3) is 0.231. The van der Waals surface area contributed by atoms with Crippen molar-refractivity contribution in [1.29, 1.82) is 0 Å². The second-order valence-corrected chi connectivity index (χ2v) is 5.22. The molecule has 0 saturated carbocycles. The van der Waals surface area contributed by atoms with E-state index in [1.165, 1.54) is 0 Å². The van der Waals surface area contributed by atoms with E-state index >= 15 is 0 Å². The lowest BCUT2D eigenvalue weighted by Crippen LogP contribution is -2.11. The third kappa shape index (κ3) is 3.01. The van der Waals surface area contributed by atoms with Crippen LogP contribution in [0.1, 0.15) is 11.3 Å². The van der Waals surface area contributed by atoms with E-state index < -0.39 is 4.92 Å². The summed E-state index contributed by atoms with van der Waals surface area (Å²) in [6.07, 6.45) is 0.133. The maximum atomic E-state index is 11.2. The highest BCUT2D eigenvalue weighted by molar-refractivity contribution is 6.34. The van der Waals surface area contributed by atoms with Gasteiger partial charge in [0, 0.05) is 20.5 Å². The molecule has 0 spiro atoms. The minimum absolute atomic E-state index is 0.113. The Kier molecular flexibility index (Phi) is 4.32. The average Bonchev–Trinajstić information content (AvgIpc) is 2.39. The van der Waals surface area contributed by atoms with Gasteiger partial charge >= 0.3 is 5.69 Å². The summed E-state index contributed by atoms with van der Waals surface area (Å²) in [5.74, 6) is -0.370. The Balaban J connectivity index is 2.52. The molecule has 0 saturated heterocycles. The number of hydrogen-bond donors (Lipinski definition) is 2. The van der Waals surface area contributed by atoms with E-state index in [1.54, 1.807) is 6.07 Å². The van der Waals surface area contributed by atoms with Gasteiger partial charge in [-0.25, -0.2) is 4.98 Å². The molecule has 1 aromatic carbocycles. The standard InChI is InChI=1S/C13H15ClN6O2/c1-19(2)9-5-3-4-7(10(9)14)6-8-11(20(21)22)12(15)18-13(16)17-8/h3-5H,6H2,1-2H3,(H4,15,16,17,18). The van der Waals surface area contributed by atoms with E-state index in [4.69, 9.17) is 23.1 Å². The van der Waals surface area contributed by atoms with Crippen LogP contribution in [0.2, 0.25) is 5.02 Å². The van der Waals surface area contributed by atoms with Gasteiger partial charge in [-0.05, 0) is 11.6 Å².